The molecule has 122 valence electrons. The summed E-state index contributed by atoms with van der Waals surface area (Å²) in [6, 6.07) is 3.60. The molecule has 9 heteroatoms. The van der Waals surface area contributed by atoms with E-state index in [4.69, 9.17) is 5.11 Å². The van der Waals surface area contributed by atoms with Crippen molar-refractivity contribution in [3.8, 4) is 0 Å². The summed E-state index contributed by atoms with van der Waals surface area (Å²) in [7, 11) is -4.11. The van der Waals surface area contributed by atoms with Gasteiger partial charge in [0.15, 0.2) is 0 Å². The number of hydrogen-bond donors (Lipinski definition) is 1. The van der Waals surface area contributed by atoms with Gasteiger partial charge < -0.3 is 5.11 Å². The van der Waals surface area contributed by atoms with E-state index in [9.17, 15) is 23.3 Å². The second-order valence-corrected chi connectivity index (χ2v) is 6.54. The van der Waals surface area contributed by atoms with Gasteiger partial charge in [-0.05, 0) is 18.4 Å². The minimum absolute atomic E-state index is 0.0283. The van der Waals surface area contributed by atoms with Crippen molar-refractivity contribution < 1.29 is 23.2 Å². The van der Waals surface area contributed by atoms with Crippen molar-refractivity contribution in [3.05, 3.63) is 33.9 Å². The molecule has 0 radical (unpaired) electrons. The Bertz CT molecular complexity index is 671. The Labute approximate surface area is 128 Å². The molecule has 0 aliphatic carbocycles. The fraction of sp³-hybridized carbons (Fsp3) is 0.462. The summed E-state index contributed by atoms with van der Waals surface area (Å²) in [6.07, 6.45) is 0.794. The van der Waals surface area contributed by atoms with Gasteiger partial charge in [-0.1, -0.05) is 19.9 Å². The number of nitro groups is 1. The number of nitrogens with zero attached hydrogens (tertiary/aromatic N) is 2. The molecule has 0 aliphatic heterocycles. The van der Waals surface area contributed by atoms with Crippen LogP contribution in [0.3, 0.4) is 0 Å². The maximum absolute atomic E-state index is 12.7. The number of hydrogen-bond acceptors (Lipinski definition) is 5. The zero-order valence-corrected chi connectivity index (χ0v) is 13.2. The molecule has 0 saturated heterocycles. The molecule has 0 atom stereocenters. The largest absolute Gasteiger partial charge is 0.480 e. The third-order valence-corrected chi connectivity index (χ3v) is 4.97. The number of aliphatic carboxylic acids is 1. The molecule has 0 heterocycles. The maximum atomic E-state index is 12.7. The molecule has 22 heavy (non-hydrogen) atoms. The van der Waals surface area contributed by atoms with E-state index in [2.05, 4.69) is 0 Å². The van der Waals surface area contributed by atoms with Crippen LogP contribution in [0.2, 0.25) is 0 Å². The van der Waals surface area contributed by atoms with Gasteiger partial charge in [-0.3, -0.25) is 14.9 Å². The molecule has 1 aromatic carbocycles. The molecule has 1 rings (SSSR count). The maximum Gasteiger partial charge on any atom is 0.318 e. The molecular formula is C13H18N2O6S. The zero-order chi connectivity index (χ0) is 16.9. The van der Waals surface area contributed by atoms with Crippen LogP contribution in [0.15, 0.2) is 23.1 Å². The third-order valence-electron chi connectivity index (χ3n) is 3.04. The van der Waals surface area contributed by atoms with Gasteiger partial charge in [0, 0.05) is 18.7 Å². The first-order chi connectivity index (χ1) is 10.2. The van der Waals surface area contributed by atoms with Gasteiger partial charge >= 0.3 is 5.97 Å². The molecular weight excluding hydrogens is 312 g/mol. The Morgan fingerprint density at radius 1 is 1.36 bits per heavy atom. The average Bonchev–Trinajstić information content (AvgIpc) is 2.45. The Morgan fingerprint density at radius 3 is 2.45 bits per heavy atom. The molecule has 1 aromatic rings. The molecule has 0 fully saturated rings. The van der Waals surface area contributed by atoms with Gasteiger partial charge in [0.1, 0.15) is 6.54 Å². The average molecular weight is 330 g/mol. The fourth-order valence-electron chi connectivity index (χ4n) is 2.01. The van der Waals surface area contributed by atoms with Crippen molar-refractivity contribution in [2.24, 2.45) is 0 Å². The lowest BCUT2D eigenvalue weighted by Gasteiger charge is -2.21. The van der Waals surface area contributed by atoms with Crippen LogP contribution in [-0.2, 0) is 21.2 Å². The van der Waals surface area contributed by atoms with Crippen LogP contribution in [0, 0.1) is 10.1 Å². The van der Waals surface area contributed by atoms with Gasteiger partial charge in [-0.25, -0.2) is 8.42 Å². The van der Waals surface area contributed by atoms with E-state index in [-0.39, 0.29) is 17.1 Å². The second-order valence-electron chi connectivity index (χ2n) is 4.64. The van der Waals surface area contributed by atoms with Crippen LogP contribution in [0.1, 0.15) is 25.8 Å². The normalized spacial score (nSPS) is 11.6. The number of aryl methyl sites for hydroxylation is 1. The van der Waals surface area contributed by atoms with Crippen LogP contribution < -0.4 is 0 Å². The molecule has 0 aliphatic rings. The van der Waals surface area contributed by atoms with E-state index < -0.39 is 27.5 Å². The highest BCUT2D eigenvalue weighted by Gasteiger charge is 2.29. The summed E-state index contributed by atoms with van der Waals surface area (Å²) in [5.74, 6) is -1.28. The number of carboxylic acids is 1. The lowest BCUT2D eigenvalue weighted by Crippen LogP contribution is -2.36. The Morgan fingerprint density at radius 2 is 2.00 bits per heavy atom. The van der Waals surface area contributed by atoms with Gasteiger partial charge in [0.05, 0.1) is 9.82 Å². The summed E-state index contributed by atoms with van der Waals surface area (Å²) in [5, 5.41) is 19.7. The first-order valence-corrected chi connectivity index (χ1v) is 8.17. The highest BCUT2D eigenvalue weighted by Crippen LogP contribution is 2.25. The molecule has 0 aromatic heterocycles. The van der Waals surface area contributed by atoms with E-state index in [0.29, 0.717) is 18.4 Å². The third kappa shape index (κ3) is 4.01. The number of carbonyl (C=O) groups is 1. The molecule has 0 unspecified atom stereocenters. The second kappa shape index (κ2) is 7.32. The fourth-order valence-corrected chi connectivity index (χ4v) is 3.81. The number of rotatable bonds is 8. The SMILES string of the molecule is CCCN(CC(=O)O)S(=O)(=O)c1cc([N+](=O)[O-])ccc1CC. The lowest BCUT2D eigenvalue weighted by atomic mass is 10.1. The van der Waals surface area contributed by atoms with Crippen molar-refractivity contribution in [2.45, 2.75) is 31.6 Å². The molecule has 0 amide bonds. The van der Waals surface area contributed by atoms with Crippen molar-refractivity contribution in [1.82, 2.24) is 4.31 Å². The predicted octanol–water partition coefficient (Wildman–Crippen LogP) is 1.64. The van der Waals surface area contributed by atoms with Crippen LogP contribution in [0.4, 0.5) is 5.69 Å². The zero-order valence-electron chi connectivity index (χ0n) is 12.4. The summed E-state index contributed by atoms with van der Waals surface area (Å²) in [4.78, 5) is 20.8. The van der Waals surface area contributed by atoms with Crippen LogP contribution in [-0.4, -0.2) is 41.8 Å². The number of sulfonamides is 1. The van der Waals surface area contributed by atoms with Crippen LogP contribution in [0.5, 0.6) is 0 Å². The summed E-state index contributed by atoms with van der Waals surface area (Å²) in [5.41, 5.74) is 0.0691. The molecule has 8 nitrogen and oxygen atoms in total. The van der Waals surface area contributed by atoms with Gasteiger partial charge in [0.25, 0.3) is 5.69 Å². The summed E-state index contributed by atoms with van der Waals surface area (Å²) in [6.45, 7) is 2.79. The Kier molecular flexibility index (Phi) is 6.01. The topological polar surface area (TPSA) is 118 Å². The van der Waals surface area contributed by atoms with E-state index in [0.717, 1.165) is 10.4 Å². The quantitative estimate of drug-likeness (QED) is 0.572. The van der Waals surface area contributed by atoms with Crippen LogP contribution >= 0.6 is 0 Å². The monoisotopic (exact) mass is 330 g/mol. The Hall–Kier alpha value is -2.00. The van der Waals surface area contributed by atoms with E-state index >= 15 is 0 Å². The predicted molar refractivity (Wildman–Crippen MR) is 79.2 cm³/mol. The first kappa shape index (κ1) is 18.1. The molecule has 0 spiro atoms. The van der Waals surface area contributed by atoms with Crippen LogP contribution in [0.25, 0.3) is 0 Å². The number of non-ortho nitro benzene ring substituents is 1. The standard InChI is InChI=1S/C13H18N2O6S/c1-3-7-14(9-13(16)17)22(20,21)12-8-11(15(18)19)6-5-10(12)4-2/h5-6,8H,3-4,7,9H2,1-2H3,(H,16,17). The van der Waals surface area contributed by atoms with Crippen molar-refractivity contribution in [3.63, 3.8) is 0 Å². The molecule has 1 N–H and O–H groups in total. The lowest BCUT2D eigenvalue weighted by molar-refractivity contribution is -0.385. The number of carboxylic acid groups (broad SMARTS) is 1. The number of benzene rings is 1. The summed E-state index contributed by atoms with van der Waals surface area (Å²) >= 11 is 0. The highest BCUT2D eigenvalue weighted by atomic mass is 32.2. The number of nitro benzene ring substituents is 1. The van der Waals surface area contributed by atoms with Gasteiger partial charge in [-0.2, -0.15) is 4.31 Å². The smallest absolute Gasteiger partial charge is 0.318 e. The van der Waals surface area contributed by atoms with Crippen molar-refractivity contribution >= 4 is 21.7 Å². The Balaban J connectivity index is 3.43. The van der Waals surface area contributed by atoms with Gasteiger partial charge in [-0.15, -0.1) is 0 Å². The highest BCUT2D eigenvalue weighted by molar-refractivity contribution is 7.89. The van der Waals surface area contributed by atoms with Crippen molar-refractivity contribution in [2.75, 3.05) is 13.1 Å². The van der Waals surface area contributed by atoms with Gasteiger partial charge in [0.2, 0.25) is 10.0 Å². The minimum atomic E-state index is -4.11. The van der Waals surface area contributed by atoms with Crippen molar-refractivity contribution in [1.29, 1.82) is 0 Å². The van der Waals surface area contributed by atoms with E-state index in [1.54, 1.807) is 13.8 Å². The molecule has 0 bridgehead atoms. The minimum Gasteiger partial charge on any atom is -0.480 e. The van der Waals surface area contributed by atoms with E-state index in [1.165, 1.54) is 12.1 Å². The van der Waals surface area contributed by atoms with E-state index in [1.807, 2.05) is 0 Å². The molecule has 0 saturated carbocycles. The first-order valence-electron chi connectivity index (χ1n) is 6.73. The summed E-state index contributed by atoms with van der Waals surface area (Å²) < 4.78 is 26.1.